The van der Waals surface area contributed by atoms with Crippen molar-refractivity contribution in [2.45, 2.75) is 18.9 Å². The molecule has 0 fully saturated rings. The molecule has 0 unspecified atom stereocenters. The van der Waals surface area contributed by atoms with Crippen LogP contribution < -0.4 is 5.32 Å². The molecule has 2 rings (SSSR count). The summed E-state index contributed by atoms with van der Waals surface area (Å²) >= 11 is 0. The van der Waals surface area contributed by atoms with Gasteiger partial charge in [-0.2, -0.15) is 0 Å². The molecule has 1 atom stereocenters. The highest BCUT2D eigenvalue weighted by Gasteiger charge is 2.20. The van der Waals surface area contributed by atoms with Gasteiger partial charge in [0.2, 0.25) is 0 Å². The van der Waals surface area contributed by atoms with Crippen LogP contribution in [0.4, 0.5) is 0 Å². The highest BCUT2D eigenvalue weighted by atomic mass is 16.3. The van der Waals surface area contributed by atoms with Gasteiger partial charge < -0.3 is 10.4 Å². The Morgan fingerprint density at radius 3 is 3.08 bits per heavy atom. The van der Waals surface area contributed by atoms with Crippen LogP contribution in [0, 0.1) is 0 Å². The molecular weight excluding hydrogens is 150 g/mol. The van der Waals surface area contributed by atoms with Crippen molar-refractivity contribution >= 4 is 0 Å². The number of hydrogen-bond acceptors (Lipinski definition) is 2. The first-order chi connectivity index (χ1) is 5.81. The van der Waals surface area contributed by atoms with Crippen LogP contribution in [0.3, 0.4) is 0 Å². The molecule has 0 spiro atoms. The normalized spacial score (nSPS) is 20.9. The number of aryl methyl sites for hydroxylation is 1. The molecule has 1 aliphatic carbocycles. The highest BCUT2D eigenvalue weighted by Crippen LogP contribution is 2.32. The molecule has 2 heteroatoms. The van der Waals surface area contributed by atoms with Gasteiger partial charge in [-0.15, -0.1) is 0 Å². The van der Waals surface area contributed by atoms with Crippen LogP contribution in [0.2, 0.25) is 0 Å². The maximum absolute atomic E-state index is 9.28. The Bertz CT molecular complexity index is 296. The molecule has 0 radical (unpaired) electrons. The Morgan fingerprint density at radius 1 is 1.50 bits per heavy atom. The van der Waals surface area contributed by atoms with Crippen molar-refractivity contribution in [1.29, 1.82) is 0 Å². The minimum atomic E-state index is 0.371. The Labute approximate surface area is 72.2 Å². The van der Waals surface area contributed by atoms with Crippen LogP contribution in [0.5, 0.6) is 5.75 Å². The van der Waals surface area contributed by atoms with E-state index in [4.69, 9.17) is 0 Å². The number of benzene rings is 1. The van der Waals surface area contributed by atoms with Gasteiger partial charge in [-0.05, 0) is 43.1 Å². The van der Waals surface area contributed by atoms with E-state index in [1.54, 1.807) is 6.07 Å². The van der Waals surface area contributed by atoms with Crippen molar-refractivity contribution in [2.24, 2.45) is 0 Å². The molecule has 1 aromatic carbocycles. The minimum Gasteiger partial charge on any atom is -0.508 e. The summed E-state index contributed by atoms with van der Waals surface area (Å²) in [6.45, 7) is 0. The number of hydrogen-bond donors (Lipinski definition) is 2. The molecule has 64 valence electrons. The molecule has 0 bridgehead atoms. The summed E-state index contributed by atoms with van der Waals surface area (Å²) in [5.74, 6) is 0.371. The Morgan fingerprint density at radius 2 is 2.33 bits per heavy atom. The molecule has 2 nitrogen and oxygen atoms in total. The number of rotatable bonds is 1. The second-order valence-electron chi connectivity index (χ2n) is 3.26. The standard InChI is InChI=1S/C10H13NO/c1-11-10-5-3-7-2-4-8(12)6-9(7)10/h2,4,6,10-12H,3,5H2,1H3/t10-/m1/s1. The van der Waals surface area contributed by atoms with Crippen LogP contribution in [0.1, 0.15) is 23.6 Å². The third kappa shape index (κ3) is 1.08. The van der Waals surface area contributed by atoms with Crippen LogP contribution in [0.15, 0.2) is 18.2 Å². The number of fused-ring (bicyclic) bond motifs is 1. The predicted molar refractivity (Wildman–Crippen MR) is 48.2 cm³/mol. The summed E-state index contributed by atoms with van der Waals surface area (Å²) in [7, 11) is 1.96. The fraction of sp³-hybridized carbons (Fsp3) is 0.400. The second-order valence-corrected chi connectivity index (χ2v) is 3.26. The lowest BCUT2D eigenvalue weighted by Crippen LogP contribution is -2.12. The first-order valence-electron chi connectivity index (χ1n) is 4.30. The number of aromatic hydroxyl groups is 1. The van der Waals surface area contributed by atoms with Gasteiger partial charge in [0.1, 0.15) is 5.75 Å². The molecular formula is C10H13NO. The predicted octanol–water partition coefficient (Wildman–Crippen LogP) is 1.60. The lowest BCUT2D eigenvalue weighted by atomic mass is 10.1. The van der Waals surface area contributed by atoms with Gasteiger partial charge in [-0.3, -0.25) is 0 Å². The van der Waals surface area contributed by atoms with Gasteiger partial charge in [0.15, 0.2) is 0 Å². The average Bonchev–Trinajstić information content (AvgIpc) is 2.46. The summed E-state index contributed by atoms with van der Waals surface area (Å²) in [5.41, 5.74) is 2.63. The molecule has 2 N–H and O–H groups in total. The van der Waals surface area contributed by atoms with Gasteiger partial charge in [0.05, 0.1) is 0 Å². The van der Waals surface area contributed by atoms with Crippen molar-refractivity contribution < 1.29 is 5.11 Å². The summed E-state index contributed by atoms with van der Waals surface area (Å²) in [6.07, 6.45) is 2.27. The Hall–Kier alpha value is -1.02. The van der Waals surface area contributed by atoms with Gasteiger partial charge >= 0.3 is 0 Å². The lowest BCUT2D eigenvalue weighted by molar-refractivity contribution is 0.473. The van der Waals surface area contributed by atoms with E-state index in [-0.39, 0.29) is 0 Å². The van der Waals surface area contributed by atoms with Crippen molar-refractivity contribution in [1.82, 2.24) is 5.32 Å². The largest absolute Gasteiger partial charge is 0.508 e. The summed E-state index contributed by atoms with van der Waals surface area (Å²) in [4.78, 5) is 0. The monoisotopic (exact) mass is 163 g/mol. The summed E-state index contributed by atoms with van der Waals surface area (Å²) < 4.78 is 0. The fourth-order valence-corrected chi connectivity index (χ4v) is 1.89. The first kappa shape index (κ1) is 7.62. The van der Waals surface area contributed by atoms with Crippen LogP contribution >= 0.6 is 0 Å². The van der Waals surface area contributed by atoms with Crippen molar-refractivity contribution in [3.8, 4) is 5.75 Å². The average molecular weight is 163 g/mol. The zero-order valence-electron chi connectivity index (χ0n) is 7.17. The van der Waals surface area contributed by atoms with Crippen LogP contribution in [-0.2, 0) is 6.42 Å². The minimum absolute atomic E-state index is 0.371. The molecule has 0 amide bonds. The highest BCUT2D eigenvalue weighted by molar-refractivity contribution is 5.40. The number of phenols is 1. The van der Waals surface area contributed by atoms with Crippen molar-refractivity contribution in [2.75, 3.05) is 7.05 Å². The molecule has 0 aliphatic heterocycles. The van der Waals surface area contributed by atoms with E-state index in [1.165, 1.54) is 11.1 Å². The molecule has 12 heavy (non-hydrogen) atoms. The Balaban J connectivity index is 2.42. The van der Waals surface area contributed by atoms with E-state index in [0.717, 1.165) is 12.8 Å². The maximum atomic E-state index is 9.28. The molecule has 0 saturated heterocycles. The van der Waals surface area contributed by atoms with Crippen molar-refractivity contribution in [3.63, 3.8) is 0 Å². The smallest absolute Gasteiger partial charge is 0.115 e. The van der Waals surface area contributed by atoms with Crippen molar-refractivity contribution in [3.05, 3.63) is 29.3 Å². The van der Waals surface area contributed by atoms with Gasteiger partial charge in [0.25, 0.3) is 0 Å². The quantitative estimate of drug-likeness (QED) is 0.659. The van der Waals surface area contributed by atoms with E-state index >= 15 is 0 Å². The van der Waals surface area contributed by atoms with E-state index in [0.29, 0.717) is 11.8 Å². The fourth-order valence-electron chi connectivity index (χ4n) is 1.89. The van der Waals surface area contributed by atoms with E-state index in [2.05, 4.69) is 5.32 Å². The number of nitrogens with one attached hydrogen (secondary N) is 1. The van der Waals surface area contributed by atoms with E-state index < -0.39 is 0 Å². The molecule has 0 heterocycles. The third-order valence-electron chi connectivity index (χ3n) is 2.56. The van der Waals surface area contributed by atoms with E-state index in [1.807, 2.05) is 19.2 Å². The maximum Gasteiger partial charge on any atom is 0.115 e. The SMILES string of the molecule is CN[C@@H]1CCc2ccc(O)cc21. The van der Waals surface area contributed by atoms with Gasteiger partial charge in [-0.1, -0.05) is 6.07 Å². The first-order valence-corrected chi connectivity index (χ1v) is 4.30. The van der Waals surface area contributed by atoms with E-state index in [9.17, 15) is 5.11 Å². The molecule has 1 aromatic rings. The Kier molecular flexibility index (Phi) is 1.77. The second kappa shape index (κ2) is 2.79. The topological polar surface area (TPSA) is 32.3 Å². The molecule has 1 aliphatic rings. The zero-order chi connectivity index (χ0) is 8.55. The lowest BCUT2D eigenvalue weighted by Gasteiger charge is -2.09. The zero-order valence-corrected chi connectivity index (χ0v) is 7.17. The van der Waals surface area contributed by atoms with Crippen LogP contribution in [-0.4, -0.2) is 12.2 Å². The summed E-state index contributed by atoms with van der Waals surface area (Å²) in [6, 6.07) is 6.08. The summed E-state index contributed by atoms with van der Waals surface area (Å²) in [5, 5.41) is 12.5. The van der Waals surface area contributed by atoms with Gasteiger partial charge in [0, 0.05) is 6.04 Å². The van der Waals surface area contributed by atoms with Crippen LogP contribution in [0.25, 0.3) is 0 Å². The molecule has 0 saturated carbocycles. The molecule has 0 aromatic heterocycles. The number of phenolic OH excluding ortho intramolecular Hbond substituents is 1. The van der Waals surface area contributed by atoms with Gasteiger partial charge in [-0.25, -0.2) is 0 Å². The third-order valence-corrected chi connectivity index (χ3v) is 2.56.